The Labute approximate surface area is 276 Å². The fourth-order valence-corrected chi connectivity index (χ4v) is 6.63. The molecule has 0 radical (unpaired) electrons. The third kappa shape index (κ3) is 6.89. The second-order valence-corrected chi connectivity index (χ2v) is 18.5. The van der Waals surface area contributed by atoms with Gasteiger partial charge in [-0.2, -0.15) is 4.98 Å². The van der Waals surface area contributed by atoms with Gasteiger partial charge in [-0.05, 0) is 47.0 Å². The van der Waals surface area contributed by atoms with Gasteiger partial charge >= 0.3 is 0 Å². The number of rotatable bonds is 13. The molecular weight excluding hydrogens is 613 g/mol. The lowest BCUT2D eigenvalue weighted by Crippen LogP contribution is -2.38. The standard InChI is InChI=1S/C36H42N4O6Si/c1-42-28-15-11-26(12-16-28)36(25-9-7-6-8-10-25,27-13-17-29(43-2)18-14-27)45-22-31-30(41)21-32(46-31)40-24-39-33-34(40)37-23-38-35(33)44-19-20-47(3,4)5/h6-18,23-24,30-32,41H,19-22H2,1-5H3/t30-,31-,32-/m1/s1. The predicted molar refractivity (Wildman–Crippen MR) is 182 cm³/mol. The number of hydrogen-bond acceptors (Lipinski definition) is 9. The van der Waals surface area contributed by atoms with Gasteiger partial charge < -0.3 is 28.8 Å². The number of nitrogens with zero attached hydrogens (tertiary/aromatic N) is 4. The molecule has 0 aliphatic carbocycles. The van der Waals surface area contributed by atoms with E-state index in [2.05, 4.69) is 34.6 Å². The Morgan fingerprint density at radius 3 is 2.06 bits per heavy atom. The maximum atomic E-state index is 11.3. The van der Waals surface area contributed by atoms with E-state index in [-0.39, 0.29) is 6.61 Å². The third-order valence-electron chi connectivity index (χ3n) is 8.57. The molecule has 1 aliphatic heterocycles. The number of aliphatic hydroxyl groups is 1. The van der Waals surface area contributed by atoms with Crippen LogP contribution in [0.2, 0.25) is 25.7 Å². The summed E-state index contributed by atoms with van der Waals surface area (Å²) in [7, 11) is 2.02. The van der Waals surface area contributed by atoms with E-state index in [9.17, 15) is 5.11 Å². The van der Waals surface area contributed by atoms with Crippen LogP contribution in [-0.4, -0.2) is 72.3 Å². The molecule has 11 heteroatoms. The minimum Gasteiger partial charge on any atom is -0.497 e. The van der Waals surface area contributed by atoms with Crippen molar-refractivity contribution in [2.75, 3.05) is 27.4 Å². The summed E-state index contributed by atoms with van der Waals surface area (Å²) in [5, 5.41) is 11.3. The zero-order valence-electron chi connectivity index (χ0n) is 27.5. The van der Waals surface area contributed by atoms with Crippen molar-refractivity contribution in [2.24, 2.45) is 0 Å². The number of fused-ring (bicyclic) bond motifs is 1. The van der Waals surface area contributed by atoms with E-state index < -0.39 is 32.1 Å². The maximum absolute atomic E-state index is 11.3. The van der Waals surface area contributed by atoms with Crippen molar-refractivity contribution in [2.45, 2.75) is 56.1 Å². The van der Waals surface area contributed by atoms with Gasteiger partial charge in [-0.1, -0.05) is 74.2 Å². The number of methoxy groups -OCH3 is 2. The molecule has 47 heavy (non-hydrogen) atoms. The van der Waals surface area contributed by atoms with Gasteiger partial charge in [0.05, 0.1) is 39.9 Å². The molecule has 3 heterocycles. The van der Waals surface area contributed by atoms with Crippen molar-refractivity contribution in [1.82, 2.24) is 19.5 Å². The van der Waals surface area contributed by atoms with Crippen LogP contribution in [-0.2, 0) is 15.1 Å². The van der Waals surface area contributed by atoms with Crippen molar-refractivity contribution in [3.05, 3.63) is 108 Å². The number of benzene rings is 3. The summed E-state index contributed by atoms with van der Waals surface area (Å²) in [5.74, 6) is 1.93. The summed E-state index contributed by atoms with van der Waals surface area (Å²) in [4.78, 5) is 13.4. The Balaban J connectivity index is 1.29. The lowest BCUT2D eigenvalue weighted by Gasteiger charge is -2.37. The summed E-state index contributed by atoms with van der Waals surface area (Å²) in [6.45, 7) is 7.61. The molecule has 2 aromatic heterocycles. The zero-order chi connectivity index (χ0) is 33.0. The van der Waals surface area contributed by atoms with Gasteiger partial charge in [0.15, 0.2) is 11.2 Å². The molecule has 1 N–H and O–H groups in total. The molecule has 0 bridgehead atoms. The first-order chi connectivity index (χ1) is 22.7. The molecular formula is C36H42N4O6Si. The average Bonchev–Trinajstić information content (AvgIpc) is 3.69. The number of ether oxygens (including phenoxy) is 5. The lowest BCUT2D eigenvalue weighted by atomic mass is 9.80. The van der Waals surface area contributed by atoms with Gasteiger partial charge in [0.25, 0.3) is 0 Å². The SMILES string of the molecule is COc1ccc(C(OC[C@H]2O[C@@H](n3cnc4c(OCC[Si](C)(C)C)ncnc43)C[C@H]2O)(c2ccccc2)c2ccc(OC)cc2)cc1. The highest BCUT2D eigenvalue weighted by molar-refractivity contribution is 6.76. The number of aromatic nitrogens is 4. The fraction of sp³-hybridized carbons (Fsp3) is 0.361. The first-order valence-corrected chi connectivity index (χ1v) is 19.5. The van der Waals surface area contributed by atoms with Gasteiger partial charge in [-0.25, -0.2) is 9.97 Å². The second kappa shape index (κ2) is 13.8. The maximum Gasteiger partial charge on any atom is 0.245 e. The molecule has 0 unspecified atom stereocenters. The molecule has 0 spiro atoms. The van der Waals surface area contributed by atoms with Gasteiger partial charge in [0, 0.05) is 14.5 Å². The first kappa shape index (κ1) is 32.6. The highest BCUT2D eigenvalue weighted by Gasteiger charge is 2.42. The number of hydrogen-bond donors (Lipinski definition) is 1. The second-order valence-electron chi connectivity index (χ2n) is 12.9. The largest absolute Gasteiger partial charge is 0.497 e. The summed E-state index contributed by atoms with van der Waals surface area (Å²) in [5.41, 5.74) is 2.87. The van der Waals surface area contributed by atoms with E-state index in [1.165, 1.54) is 6.33 Å². The van der Waals surface area contributed by atoms with Crippen molar-refractivity contribution in [3.63, 3.8) is 0 Å². The zero-order valence-corrected chi connectivity index (χ0v) is 28.5. The molecule has 10 nitrogen and oxygen atoms in total. The van der Waals surface area contributed by atoms with Gasteiger partial charge in [-0.3, -0.25) is 4.57 Å². The molecule has 6 rings (SSSR count). The molecule has 5 aromatic rings. The van der Waals surface area contributed by atoms with Crippen LogP contribution in [0.4, 0.5) is 0 Å². The van der Waals surface area contributed by atoms with Crippen LogP contribution >= 0.6 is 0 Å². The Hall–Kier alpha value is -4.29. The third-order valence-corrected chi connectivity index (χ3v) is 10.3. The van der Waals surface area contributed by atoms with Gasteiger partial charge in [0.2, 0.25) is 5.88 Å². The van der Waals surface area contributed by atoms with Crippen LogP contribution in [0.15, 0.2) is 91.5 Å². The predicted octanol–water partition coefficient (Wildman–Crippen LogP) is 6.22. The van der Waals surface area contributed by atoms with Gasteiger partial charge in [-0.15, -0.1) is 0 Å². The molecule has 0 saturated carbocycles. The van der Waals surface area contributed by atoms with E-state index in [1.807, 2.05) is 83.4 Å². The monoisotopic (exact) mass is 654 g/mol. The Morgan fingerprint density at radius 2 is 1.47 bits per heavy atom. The number of imidazole rings is 1. The van der Waals surface area contributed by atoms with E-state index in [4.69, 9.17) is 23.7 Å². The normalized spacial score (nSPS) is 18.4. The minimum atomic E-state index is -1.27. The Morgan fingerprint density at radius 1 is 0.851 bits per heavy atom. The van der Waals surface area contributed by atoms with Crippen molar-refractivity contribution >= 4 is 19.2 Å². The van der Waals surface area contributed by atoms with Crippen LogP contribution < -0.4 is 14.2 Å². The summed E-state index contributed by atoms with van der Waals surface area (Å²) >= 11 is 0. The highest BCUT2D eigenvalue weighted by atomic mass is 28.3. The topological polar surface area (TPSA) is 110 Å². The minimum absolute atomic E-state index is 0.108. The van der Waals surface area contributed by atoms with Crippen LogP contribution in [0.3, 0.4) is 0 Å². The Kier molecular flexibility index (Phi) is 9.60. The summed E-state index contributed by atoms with van der Waals surface area (Å²) in [6, 6.07) is 26.8. The fourth-order valence-electron chi connectivity index (χ4n) is 5.92. The summed E-state index contributed by atoms with van der Waals surface area (Å²) in [6.07, 6.45) is 1.60. The quantitative estimate of drug-likeness (QED) is 0.117. The van der Waals surface area contributed by atoms with E-state index >= 15 is 0 Å². The van der Waals surface area contributed by atoms with Crippen LogP contribution in [0.5, 0.6) is 17.4 Å². The van der Waals surface area contributed by atoms with E-state index in [1.54, 1.807) is 20.5 Å². The molecule has 0 amide bonds. The van der Waals surface area contributed by atoms with Crippen LogP contribution in [0.1, 0.15) is 29.3 Å². The molecule has 1 aliphatic rings. The number of aliphatic hydroxyl groups excluding tert-OH is 1. The van der Waals surface area contributed by atoms with Crippen LogP contribution in [0.25, 0.3) is 11.2 Å². The van der Waals surface area contributed by atoms with Crippen molar-refractivity contribution in [1.29, 1.82) is 0 Å². The first-order valence-electron chi connectivity index (χ1n) is 15.8. The molecule has 1 saturated heterocycles. The average molecular weight is 655 g/mol. The van der Waals surface area contributed by atoms with E-state index in [0.717, 1.165) is 34.2 Å². The van der Waals surface area contributed by atoms with Crippen LogP contribution in [0, 0.1) is 0 Å². The summed E-state index contributed by atoms with van der Waals surface area (Å²) < 4.78 is 32.3. The Bertz CT molecular complexity index is 1710. The van der Waals surface area contributed by atoms with Gasteiger partial charge in [0.1, 0.15) is 35.8 Å². The molecule has 246 valence electrons. The molecule has 1 fully saturated rings. The highest BCUT2D eigenvalue weighted by Crippen LogP contribution is 2.43. The molecule has 3 aromatic carbocycles. The molecule has 3 atom stereocenters. The lowest BCUT2D eigenvalue weighted by molar-refractivity contribution is -0.0931. The smallest absolute Gasteiger partial charge is 0.245 e. The van der Waals surface area contributed by atoms with Crippen molar-refractivity contribution < 1.29 is 28.8 Å². The van der Waals surface area contributed by atoms with Crippen molar-refractivity contribution in [3.8, 4) is 17.4 Å². The van der Waals surface area contributed by atoms with E-state index in [0.29, 0.717) is 30.1 Å².